The average molecular weight is 308 g/mol. The summed E-state index contributed by atoms with van der Waals surface area (Å²) in [7, 11) is 1.44. The number of aliphatic hydroxyl groups excluding tert-OH is 1. The second-order valence-electron chi connectivity index (χ2n) is 5.75. The molecule has 122 valence electrons. The van der Waals surface area contributed by atoms with Crippen molar-refractivity contribution in [1.82, 2.24) is 4.90 Å². The third kappa shape index (κ3) is 4.18. The highest BCUT2D eigenvalue weighted by atomic mass is 16.6. The molecule has 0 amide bonds. The van der Waals surface area contributed by atoms with E-state index in [1.807, 2.05) is 0 Å². The zero-order chi connectivity index (χ0) is 15.9. The van der Waals surface area contributed by atoms with Gasteiger partial charge in [0.05, 0.1) is 18.6 Å². The first-order valence-electron chi connectivity index (χ1n) is 7.82. The van der Waals surface area contributed by atoms with Gasteiger partial charge in [0.15, 0.2) is 5.75 Å². The lowest BCUT2D eigenvalue weighted by Gasteiger charge is -2.34. The Bertz CT molecular complexity index is 501. The van der Waals surface area contributed by atoms with Crippen molar-refractivity contribution in [2.24, 2.45) is 0 Å². The molecule has 1 aromatic rings. The molecule has 1 saturated carbocycles. The first-order valence-corrected chi connectivity index (χ1v) is 7.82. The van der Waals surface area contributed by atoms with Gasteiger partial charge in [0.2, 0.25) is 0 Å². The van der Waals surface area contributed by atoms with Crippen LogP contribution >= 0.6 is 0 Å². The lowest BCUT2D eigenvalue weighted by molar-refractivity contribution is -0.385. The predicted molar refractivity (Wildman–Crippen MR) is 84.0 cm³/mol. The van der Waals surface area contributed by atoms with Crippen LogP contribution in [0.15, 0.2) is 18.2 Å². The van der Waals surface area contributed by atoms with Gasteiger partial charge in [-0.05, 0) is 24.5 Å². The monoisotopic (exact) mass is 308 g/mol. The van der Waals surface area contributed by atoms with Crippen LogP contribution in [0.3, 0.4) is 0 Å². The number of methoxy groups -OCH3 is 1. The van der Waals surface area contributed by atoms with Gasteiger partial charge in [0.1, 0.15) is 0 Å². The summed E-state index contributed by atoms with van der Waals surface area (Å²) in [4.78, 5) is 12.8. The molecule has 0 bridgehead atoms. The van der Waals surface area contributed by atoms with E-state index in [-0.39, 0.29) is 18.0 Å². The zero-order valence-electron chi connectivity index (χ0n) is 13.0. The molecule has 22 heavy (non-hydrogen) atoms. The third-order valence-electron chi connectivity index (χ3n) is 4.30. The maximum Gasteiger partial charge on any atom is 0.310 e. The van der Waals surface area contributed by atoms with E-state index >= 15 is 0 Å². The Balaban J connectivity index is 2.13. The number of rotatable bonds is 7. The maximum atomic E-state index is 10.9. The number of nitro benzene ring substituents is 1. The molecule has 6 heteroatoms. The smallest absolute Gasteiger partial charge is 0.310 e. The van der Waals surface area contributed by atoms with Gasteiger partial charge in [-0.2, -0.15) is 0 Å². The molecule has 1 fully saturated rings. The van der Waals surface area contributed by atoms with Gasteiger partial charge in [-0.25, -0.2) is 0 Å². The maximum absolute atomic E-state index is 10.9. The van der Waals surface area contributed by atoms with Crippen LogP contribution in [0.4, 0.5) is 5.69 Å². The fourth-order valence-corrected chi connectivity index (χ4v) is 3.17. The molecule has 1 N–H and O–H groups in total. The van der Waals surface area contributed by atoms with Gasteiger partial charge >= 0.3 is 5.69 Å². The molecule has 0 radical (unpaired) electrons. The summed E-state index contributed by atoms with van der Waals surface area (Å²) in [5.41, 5.74) is 0.957. The van der Waals surface area contributed by atoms with Crippen LogP contribution in [0.5, 0.6) is 5.75 Å². The fourth-order valence-electron chi connectivity index (χ4n) is 3.17. The summed E-state index contributed by atoms with van der Waals surface area (Å²) in [5, 5.41) is 20.3. The normalized spacial score (nSPS) is 16.0. The van der Waals surface area contributed by atoms with Crippen LogP contribution < -0.4 is 4.74 Å². The van der Waals surface area contributed by atoms with Crippen molar-refractivity contribution in [2.75, 3.05) is 20.3 Å². The van der Waals surface area contributed by atoms with E-state index in [4.69, 9.17) is 4.74 Å². The topological polar surface area (TPSA) is 75.8 Å². The number of hydrogen-bond acceptors (Lipinski definition) is 5. The van der Waals surface area contributed by atoms with Crippen molar-refractivity contribution < 1.29 is 14.8 Å². The van der Waals surface area contributed by atoms with Crippen LogP contribution in [-0.2, 0) is 6.54 Å². The van der Waals surface area contributed by atoms with Gasteiger partial charge in [-0.1, -0.05) is 25.3 Å². The highest BCUT2D eigenvalue weighted by Crippen LogP contribution is 2.29. The Kier molecular flexibility index (Phi) is 6.15. The summed E-state index contributed by atoms with van der Waals surface area (Å²) in [6, 6.07) is 5.48. The lowest BCUT2D eigenvalue weighted by Crippen LogP contribution is -2.38. The number of aliphatic hydroxyl groups is 1. The first kappa shape index (κ1) is 16.7. The van der Waals surface area contributed by atoms with E-state index in [1.165, 1.54) is 32.4 Å². The van der Waals surface area contributed by atoms with Crippen LogP contribution in [0, 0.1) is 10.1 Å². The van der Waals surface area contributed by atoms with E-state index < -0.39 is 4.92 Å². The second kappa shape index (κ2) is 8.10. The Hall–Kier alpha value is -1.66. The molecule has 0 heterocycles. The number of ether oxygens (including phenoxy) is 1. The van der Waals surface area contributed by atoms with E-state index in [1.54, 1.807) is 12.1 Å². The third-order valence-corrected chi connectivity index (χ3v) is 4.30. The molecule has 6 nitrogen and oxygen atoms in total. The summed E-state index contributed by atoms with van der Waals surface area (Å²) in [6.45, 7) is 1.43. The molecule has 0 aromatic heterocycles. The molecular weight excluding hydrogens is 284 g/mol. The fraction of sp³-hybridized carbons (Fsp3) is 0.625. The van der Waals surface area contributed by atoms with Crippen molar-refractivity contribution in [3.8, 4) is 5.75 Å². The Morgan fingerprint density at radius 3 is 2.68 bits per heavy atom. The molecule has 2 rings (SSSR count). The molecule has 0 spiro atoms. The molecule has 1 aliphatic rings. The van der Waals surface area contributed by atoms with Gasteiger partial charge < -0.3 is 9.84 Å². The highest BCUT2D eigenvalue weighted by molar-refractivity contribution is 5.48. The van der Waals surface area contributed by atoms with Crippen molar-refractivity contribution in [1.29, 1.82) is 0 Å². The molecule has 0 saturated heterocycles. The summed E-state index contributed by atoms with van der Waals surface area (Å²) in [6.07, 6.45) is 6.06. The second-order valence-corrected chi connectivity index (χ2v) is 5.75. The van der Waals surface area contributed by atoms with Crippen molar-refractivity contribution >= 4 is 5.69 Å². The molecule has 1 aromatic carbocycles. The van der Waals surface area contributed by atoms with Crippen molar-refractivity contribution in [2.45, 2.75) is 44.7 Å². The molecule has 0 aliphatic heterocycles. The Morgan fingerprint density at radius 2 is 2.09 bits per heavy atom. The van der Waals surface area contributed by atoms with Gasteiger partial charge in [-0.15, -0.1) is 0 Å². The quantitative estimate of drug-likeness (QED) is 0.619. The van der Waals surface area contributed by atoms with Crippen LogP contribution in [-0.4, -0.2) is 41.2 Å². The van der Waals surface area contributed by atoms with Crippen molar-refractivity contribution in [3.05, 3.63) is 33.9 Å². The summed E-state index contributed by atoms with van der Waals surface area (Å²) < 4.78 is 5.12. The number of benzene rings is 1. The standard InChI is InChI=1S/C16H24N2O4/c1-22-16-11-13(7-8-15(16)18(20)21)12-17(9-10-19)14-5-3-2-4-6-14/h7-8,11,14,19H,2-6,9-10,12H2,1H3. The van der Waals surface area contributed by atoms with E-state index in [0.29, 0.717) is 19.1 Å². The van der Waals surface area contributed by atoms with Crippen molar-refractivity contribution in [3.63, 3.8) is 0 Å². The summed E-state index contributed by atoms with van der Waals surface area (Å²) in [5.74, 6) is 0.287. The number of nitro groups is 1. The molecule has 0 atom stereocenters. The largest absolute Gasteiger partial charge is 0.490 e. The van der Waals surface area contributed by atoms with Crippen LogP contribution in [0.25, 0.3) is 0 Å². The predicted octanol–water partition coefficient (Wildman–Crippen LogP) is 2.73. The molecular formula is C16H24N2O4. The van der Waals surface area contributed by atoms with Crippen LogP contribution in [0.1, 0.15) is 37.7 Å². The van der Waals surface area contributed by atoms with E-state index in [2.05, 4.69) is 4.90 Å². The molecule has 1 aliphatic carbocycles. The number of hydrogen-bond donors (Lipinski definition) is 1. The van der Waals surface area contributed by atoms with E-state index in [0.717, 1.165) is 18.4 Å². The van der Waals surface area contributed by atoms with Gasteiger partial charge in [-0.3, -0.25) is 15.0 Å². The minimum atomic E-state index is -0.435. The number of nitrogens with zero attached hydrogens (tertiary/aromatic N) is 2. The average Bonchev–Trinajstić information content (AvgIpc) is 2.55. The van der Waals surface area contributed by atoms with Gasteiger partial charge in [0.25, 0.3) is 0 Å². The Morgan fingerprint density at radius 1 is 1.36 bits per heavy atom. The Labute approximate surface area is 130 Å². The minimum absolute atomic E-state index is 0.0161. The SMILES string of the molecule is COc1cc(CN(CCO)C2CCCCC2)ccc1[N+](=O)[O-]. The zero-order valence-corrected chi connectivity index (χ0v) is 13.0. The van der Waals surface area contributed by atoms with E-state index in [9.17, 15) is 15.2 Å². The highest BCUT2D eigenvalue weighted by Gasteiger charge is 2.22. The molecule has 0 unspecified atom stereocenters. The minimum Gasteiger partial charge on any atom is -0.490 e. The van der Waals surface area contributed by atoms with Gasteiger partial charge in [0, 0.05) is 25.2 Å². The lowest BCUT2D eigenvalue weighted by atomic mass is 9.94. The van der Waals surface area contributed by atoms with Crippen LogP contribution in [0.2, 0.25) is 0 Å². The summed E-state index contributed by atoms with van der Waals surface area (Å²) >= 11 is 0. The first-order chi connectivity index (χ1) is 10.7.